The number of rotatable bonds is 6. The van der Waals surface area contributed by atoms with E-state index in [0.29, 0.717) is 16.4 Å². The van der Waals surface area contributed by atoms with Crippen molar-refractivity contribution in [2.75, 3.05) is 16.2 Å². The second-order valence-electron chi connectivity index (χ2n) is 6.52. The normalized spacial score (nSPS) is 11.8. The average Bonchev–Trinajstić information content (AvgIpc) is 2.74. The number of nitrogens with zero attached hydrogens (tertiary/aromatic N) is 1. The summed E-state index contributed by atoms with van der Waals surface area (Å²) in [4.78, 5) is 12.3. The van der Waals surface area contributed by atoms with Gasteiger partial charge in [-0.25, -0.2) is 12.8 Å². The summed E-state index contributed by atoms with van der Waals surface area (Å²) < 4.78 is 80.5. The third kappa shape index (κ3) is 5.20. The Morgan fingerprint density at radius 1 is 0.969 bits per heavy atom. The summed E-state index contributed by atoms with van der Waals surface area (Å²) in [5.74, 6) is -1.75. The Labute approximate surface area is 186 Å². The van der Waals surface area contributed by atoms with E-state index < -0.39 is 45.7 Å². The van der Waals surface area contributed by atoms with E-state index in [4.69, 9.17) is 11.6 Å². The van der Waals surface area contributed by atoms with Gasteiger partial charge in [-0.1, -0.05) is 41.9 Å². The van der Waals surface area contributed by atoms with Gasteiger partial charge in [0.1, 0.15) is 12.4 Å². The third-order valence-electron chi connectivity index (χ3n) is 4.31. The number of sulfonamides is 1. The predicted molar refractivity (Wildman–Crippen MR) is 112 cm³/mol. The summed E-state index contributed by atoms with van der Waals surface area (Å²) in [6.45, 7) is -0.952. The van der Waals surface area contributed by atoms with Crippen LogP contribution in [0.3, 0.4) is 0 Å². The van der Waals surface area contributed by atoms with Gasteiger partial charge in [-0.3, -0.25) is 9.10 Å². The fourth-order valence-corrected chi connectivity index (χ4v) is 4.50. The van der Waals surface area contributed by atoms with Crippen LogP contribution >= 0.6 is 11.6 Å². The number of carbonyl (C=O) groups excluding carboxylic acids is 1. The molecule has 3 aromatic carbocycles. The molecule has 3 aromatic rings. The lowest BCUT2D eigenvalue weighted by Gasteiger charge is -2.26. The van der Waals surface area contributed by atoms with E-state index in [-0.39, 0.29) is 15.6 Å². The minimum Gasteiger partial charge on any atom is -0.322 e. The molecule has 0 saturated heterocycles. The maximum absolute atomic E-state index is 13.9. The molecule has 0 fully saturated rings. The zero-order valence-electron chi connectivity index (χ0n) is 16.1. The van der Waals surface area contributed by atoms with Gasteiger partial charge >= 0.3 is 6.18 Å². The fourth-order valence-electron chi connectivity index (χ4n) is 2.78. The standard InChI is InChI=1S/C21H15ClF4N2O3S/c22-16-11-10-14(21(24,25)26)12-19(16)28(32(30,31)15-6-2-1-3-7-15)13-20(29)27-18-9-5-4-8-17(18)23/h1-12H,13H2,(H,27,29). The Bertz CT molecular complexity index is 1240. The molecular formula is C21H15ClF4N2O3S. The van der Waals surface area contributed by atoms with Gasteiger partial charge in [0.15, 0.2) is 0 Å². The molecule has 3 rings (SSSR count). The highest BCUT2D eigenvalue weighted by atomic mass is 35.5. The molecule has 0 bridgehead atoms. The molecule has 1 amide bonds. The Morgan fingerprint density at radius 2 is 1.59 bits per heavy atom. The van der Waals surface area contributed by atoms with Gasteiger partial charge in [0.2, 0.25) is 5.91 Å². The van der Waals surface area contributed by atoms with Crippen LogP contribution in [-0.4, -0.2) is 20.9 Å². The van der Waals surface area contributed by atoms with Crippen molar-refractivity contribution in [3.8, 4) is 0 Å². The summed E-state index contributed by atoms with van der Waals surface area (Å²) in [7, 11) is -4.51. The fraction of sp³-hybridized carbons (Fsp3) is 0.0952. The van der Waals surface area contributed by atoms with Crippen molar-refractivity contribution < 1.29 is 30.8 Å². The van der Waals surface area contributed by atoms with Crippen LogP contribution in [0, 0.1) is 5.82 Å². The lowest BCUT2D eigenvalue weighted by atomic mass is 10.2. The lowest BCUT2D eigenvalue weighted by molar-refractivity contribution is -0.137. The van der Waals surface area contributed by atoms with E-state index in [2.05, 4.69) is 5.32 Å². The second-order valence-corrected chi connectivity index (χ2v) is 8.79. The van der Waals surface area contributed by atoms with Crippen LogP contribution in [0.2, 0.25) is 5.02 Å². The topological polar surface area (TPSA) is 66.5 Å². The number of nitrogens with one attached hydrogen (secondary N) is 1. The molecule has 11 heteroatoms. The molecule has 168 valence electrons. The SMILES string of the molecule is O=C(CN(c1cc(C(F)(F)F)ccc1Cl)S(=O)(=O)c1ccccc1)Nc1ccccc1F. The van der Waals surface area contributed by atoms with E-state index in [9.17, 15) is 30.8 Å². The van der Waals surface area contributed by atoms with E-state index >= 15 is 0 Å². The summed E-state index contributed by atoms with van der Waals surface area (Å²) in [5.41, 5.74) is -1.92. The van der Waals surface area contributed by atoms with Crippen LogP contribution in [0.5, 0.6) is 0 Å². The summed E-state index contributed by atoms with van der Waals surface area (Å²) in [6.07, 6.45) is -4.78. The van der Waals surface area contributed by atoms with Gasteiger partial charge in [-0.15, -0.1) is 0 Å². The molecule has 1 N–H and O–H groups in total. The number of hydrogen-bond acceptors (Lipinski definition) is 3. The molecule has 0 aliphatic rings. The van der Waals surface area contributed by atoms with Crippen LogP contribution in [0.15, 0.2) is 77.7 Å². The van der Waals surface area contributed by atoms with E-state index in [1.807, 2.05) is 0 Å². The predicted octanol–water partition coefficient (Wildman–Crippen LogP) is 5.33. The van der Waals surface area contributed by atoms with Gasteiger partial charge in [0.25, 0.3) is 10.0 Å². The van der Waals surface area contributed by atoms with Crippen molar-refractivity contribution in [3.05, 3.63) is 89.2 Å². The Morgan fingerprint density at radius 3 is 2.22 bits per heavy atom. The van der Waals surface area contributed by atoms with Crippen molar-refractivity contribution >= 4 is 38.9 Å². The first-order valence-corrected chi connectivity index (χ1v) is 10.8. The molecule has 0 spiro atoms. The zero-order valence-corrected chi connectivity index (χ0v) is 17.7. The summed E-state index contributed by atoms with van der Waals surface area (Å²) in [5, 5.41) is 1.89. The van der Waals surface area contributed by atoms with Gasteiger partial charge in [-0.05, 0) is 42.5 Å². The van der Waals surface area contributed by atoms with Gasteiger partial charge < -0.3 is 5.32 Å². The maximum Gasteiger partial charge on any atom is 0.416 e. The molecule has 0 aliphatic heterocycles. The number of halogens is 5. The molecule has 32 heavy (non-hydrogen) atoms. The number of amides is 1. The molecular weight excluding hydrogens is 472 g/mol. The molecule has 0 aliphatic carbocycles. The van der Waals surface area contributed by atoms with E-state index in [1.165, 1.54) is 42.5 Å². The molecule has 0 aromatic heterocycles. The average molecular weight is 487 g/mol. The van der Waals surface area contributed by atoms with E-state index in [0.717, 1.165) is 12.1 Å². The monoisotopic (exact) mass is 486 g/mol. The number of carbonyl (C=O) groups is 1. The number of anilines is 2. The van der Waals surface area contributed by atoms with Crippen LogP contribution in [0.4, 0.5) is 28.9 Å². The molecule has 5 nitrogen and oxygen atoms in total. The third-order valence-corrected chi connectivity index (χ3v) is 6.40. The Kier molecular flexibility index (Phi) is 6.75. The smallest absolute Gasteiger partial charge is 0.322 e. The molecule has 0 atom stereocenters. The highest BCUT2D eigenvalue weighted by Gasteiger charge is 2.34. The number of benzene rings is 3. The van der Waals surface area contributed by atoms with Gasteiger partial charge in [0, 0.05) is 0 Å². The largest absolute Gasteiger partial charge is 0.416 e. The Balaban J connectivity index is 2.07. The van der Waals surface area contributed by atoms with Gasteiger partial charge in [-0.2, -0.15) is 13.2 Å². The molecule has 0 unspecified atom stereocenters. The second kappa shape index (κ2) is 9.17. The quantitative estimate of drug-likeness (QED) is 0.479. The number of hydrogen-bond donors (Lipinski definition) is 1. The highest BCUT2D eigenvalue weighted by Crippen LogP contribution is 2.37. The first kappa shape index (κ1) is 23.6. The zero-order chi connectivity index (χ0) is 23.5. The first-order valence-electron chi connectivity index (χ1n) is 8.99. The minimum atomic E-state index is -4.78. The number of alkyl halides is 3. The maximum atomic E-state index is 13.9. The van der Waals surface area contributed by atoms with Crippen molar-refractivity contribution in [1.29, 1.82) is 0 Å². The van der Waals surface area contributed by atoms with Crippen LogP contribution in [-0.2, 0) is 21.0 Å². The van der Waals surface area contributed by atoms with Crippen LogP contribution in [0.1, 0.15) is 5.56 Å². The van der Waals surface area contributed by atoms with Crippen LogP contribution < -0.4 is 9.62 Å². The highest BCUT2D eigenvalue weighted by molar-refractivity contribution is 7.92. The molecule has 0 saturated carbocycles. The van der Waals surface area contributed by atoms with Crippen LogP contribution in [0.25, 0.3) is 0 Å². The minimum absolute atomic E-state index is 0.218. The summed E-state index contributed by atoms with van der Waals surface area (Å²) >= 11 is 6.04. The van der Waals surface area contributed by atoms with Crippen molar-refractivity contribution in [3.63, 3.8) is 0 Å². The summed E-state index contributed by atoms with van der Waals surface area (Å²) in [6, 6.07) is 14.1. The molecule has 0 heterocycles. The van der Waals surface area contributed by atoms with E-state index in [1.54, 1.807) is 6.07 Å². The first-order chi connectivity index (χ1) is 15.0. The van der Waals surface area contributed by atoms with Crippen molar-refractivity contribution in [2.24, 2.45) is 0 Å². The van der Waals surface area contributed by atoms with Gasteiger partial charge in [0.05, 0.1) is 26.9 Å². The lowest BCUT2D eigenvalue weighted by Crippen LogP contribution is -2.38. The molecule has 0 radical (unpaired) electrons. The number of para-hydroxylation sites is 1. The Hall–Kier alpha value is -3.11. The van der Waals surface area contributed by atoms with Crippen molar-refractivity contribution in [2.45, 2.75) is 11.1 Å². The van der Waals surface area contributed by atoms with Crippen molar-refractivity contribution in [1.82, 2.24) is 0 Å².